The van der Waals surface area contributed by atoms with Gasteiger partial charge in [0.1, 0.15) is 5.82 Å². The second-order valence-corrected chi connectivity index (χ2v) is 5.95. The largest absolute Gasteiger partial charge is 0.316 e. The summed E-state index contributed by atoms with van der Waals surface area (Å²) in [4.78, 5) is 0. The molecule has 18 heavy (non-hydrogen) atoms. The van der Waals surface area contributed by atoms with Crippen LogP contribution in [0.3, 0.4) is 0 Å². The van der Waals surface area contributed by atoms with Gasteiger partial charge in [0.15, 0.2) is 0 Å². The molecule has 100 valence electrons. The summed E-state index contributed by atoms with van der Waals surface area (Å²) in [5, 5.41) is 3.41. The number of nitrogens with one attached hydrogen (secondary N) is 1. The average Bonchev–Trinajstić information content (AvgIpc) is 2.29. The maximum atomic E-state index is 14.0. The van der Waals surface area contributed by atoms with Gasteiger partial charge in [0.05, 0.1) is 0 Å². The fraction of sp³-hybridized carbons (Fsp3) is 0.625. The van der Waals surface area contributed by atoms with E-state index in [1.165, 1.54) is 0 Å². The zero-order valence-electron chi connectivity index (χ0n) is 11.7. The van der Waals surface area contributed by atoms with E-state index in [9.17, 15) is 4.39 Å². The van der Waals surface area contributed by atoms with Gasteiger partial charge in [-0.25, -0.2) is 4.39 Å². The molecule has 1 nitrogen and oxygen atoms in total. The van der Waals surface area contributed by atoms with Crippen LogP contribution >= 0.6 is 0 Å². The van der Waals surface area contributed by atoms with Crippen molar-refractivity contribution in [3.05, 3.63) is 35.6 Å². The molecule has 1 N–H and O–H groups in total. The number of hydrogen-bond acceptors (Lipinski definition) is 1. The van der Waals surface area contributed by atoms with Gasteiger partial charge in [-0.2, -0.15) is 0 Å². The number of rotatable bonds is 5. The van der Waals surface area contributed by atoms with E-state index < -0.39 is 0 Å². The molecule has 0 heterocycles. The van der Waals surface area contributed by atoms with Crippen LogP contribution in [0.1, 0.15) is 39.2 Å². The summed E-state index contributed by atoms with van der Waals surface area (Å²) in [7, 11) is 0. The summed E-state index contributed by atoms with van der Waals surface area (Å²) < 4.78 is 14.0. The van der Waals surface area contributed by atoms with Gasteiger partial charge in [-0.1, -0.05) is 39.0 Å². The summed E-state index contributed by atoms with van der Waals surface area (Å²) >= 11 is 0. The molecule has 0 radical (unpaired) electrons. The Bertz CT molecular complexity index is 394. The van der Waals surface area contributed by atoms with Gasteiger partial charge in [-0.15, -0.1) is 0 Å². The van der Waals surface area contributed by atoms with Gasteiger partial charge >= 0.3 is 0 Å². The van der Waals surface area contributed by atoms with E-state index in [2.05, 4.69) is 26.1 Å². The van der Waals surface area contributed by atoms with E-state index in [0.29, 0.717) is 5.92 Å². The molecule has 1 aromatic carbocycles. The lowest BCUT2D eigenvalue weighted by molar-refractivity contribution is 0.0950. The van der Waals surface area contributed by atoms with Crippen molar-refractivity contribution in [1.82, 2.24) is 5.32 Å². The lowest BCUT2D eigenvalue weighted by atomic mass is 9.55. The van der Waals surface area contributed by atoms with Crippen molar-refractivity contribution in [2.75, 3.05) is 13.1 Å². The van der Waals surface area contributed by atoms with Gasteiger partial charge in [-0.3, -0.25) is 0 Å². The van der Waals surface area contributed by atoms with Crippen molar-refractivity contribution < 1.29 is 4.39 Å². The van der Waals surface area contributed by atoms with Crippen LogP contribution in [0.4, 0.5) is 4.39 Å². The van der Waals surface area contributed by atoms with Gasteiger partial charge in [0.2, 0.25) is 0 Å². The van der Waals surface area contributed by atoms with Crippen molar-refractivity contribution in [3.63, 3.8) is 0 Å². The summed E-state index contributed by atoms with van der Waals surface area (Å²) in [6.07, 6.45) is 2.22. The standard InChI is InChI=1S/C16H24FN/c1-4-18-11-16(9-13(10-16)12(2)3)14-7-5-6-8-15(14)17/h5-8,12-13,18H,4,9-11H2,1-3H3. The molecule has 1 fully saturated rings. The molecule has 2 heteroatoms. The minimum Gasteiger partial charge on any atom is -0.316 e. The van der Waals surface area contributed by atoms with Crippen LogP contribution in [-0.4, -0.2) is 13.1 Å². The molecule has 1 aliphatic carbocycles. The molecule has 0 aliphatic heterocycles. The minimum atomic E-state index is -0.0439. The Morgan fingerprint density at radius 2 is 2.00 bits per heavy atom. The highest BCUT2D eigenvalue weighted by atomic mass is 19.1. The molecule has 0 spiro atoms. The molecule has 1 saturated carbocycles. The highest BCUT2D eigenvalue weighted by molar-refractivity contribution is 5.31. The number of halogens is 1. The van der Waals surface area contributed by atoms with E-state index >= 15 is 0 Å². The third-order valence-corrected chi connectivity index (χ3v) is 4.41. The summed E-state index contributed by atoms with van der Waals surface area (Å²) in [5.41, 5.74) is 0.930. The molecule has 0 atom stereocenters. The van der Waals surface area contributed by atoms with Crippen LogP contribution in [0.2, 0.25) is 0 Å². The van der Waals surface area contributed by atoms with Gasteiger partial charge in [-0.05, 0) is 42.9 Å². The molecular formula is C16H24FN. The molecule has 0 bridgehead atoms. The Morgan fingerprint density at radius 1 is 1.33 bits per heavy atom. The molecule has 2 rings (SSSR count). The van der Waals surface area contributed by atoms with E-state index in [0.717, 1.165) is 37.4 Å². The quantitative estimate of drug-likeness (QED) is 0.838. The van der Waals surface area contributed by atoms with Crippen LogP contribution in [0, 0.1) is 17.7 Å². The maximum absolute atomic E-state index is 14.0. The van der Waals surface area contributed by atoms with Crippen LogP contribution in [0.15, 0.2) is 24.3 Å². The van der Waals surface area contributed by atoms with Crippen LogP contribution in [0.25, 0.3) is 0 Å². The van der Waals surface area contributed by atoms with E-state index in [-0.39, 0.29) is 11.2 Å². The molecular weight excluding hydrogens is 225 g/mol. The SMILES string of the molecule is CCNCC1(c2ccccc2F)CC(C(C)C)C1. The first kappa shape index (κ1) is 13.5. The lowest BCUT2D eigenvalue weighted by Gasteiger charge is -2.50. The van der Waals surface area contributed by atoms with Gasteiger partial charge in [0.25, 0.3) is 0 Å². The Balaban J connectivity index is 2.20. The van der Waals surface area contributed by atoms with E-state index in [4.69, 9.17) is 0 Å². The Morgan fingerprint density at radius 3 is 2.56 bits per heavy atom. The highest BCUT2D eigenvalue weighted by Gasteiger charge is 2.47. The zero-order chi connectivity index (χ0) is 13.2. The fourth-order valence-corrected chi connectivity index (χ4v) is 3.13. The number of likely N-dealkylation sites (N-methyl/N-ethyl adjacent to an activating group) is 1. The second-order valence-electron chi connectivity index (χ2n) is 5.95. The minimum absolute atomic E-state index is 0.0241. The van der Waals surface area contributed by atoms with Gasteiger partial charge in [0, 0.05) is 12.0 Å². The third kappa shape index (κ3) is 2.44. The average molecular weight is 249 g/mol. The second kappa shape index (κ2) is 5.40. The summed E-state index contributed by atoms with van der Waals surface area (Å²) in [6.45, 7) is 8.48. The van der Waals surface area contributed by atoms with Gasteiger partial charge < -0.3 is 5.32 Å². The first-order chi connectivity index (χ1) is 8.59. The monoisotopic (exact) mass is 249 g/mol. The third-order valence-electron chi connectivity index (χ3n) is 4.41. The lowest BCUT2D eigenvalue weighted by Crippen LogP contribution is -2.50. The van der Waals surface area contributed by atoms with Crippen molar-refractivity contribution in [3.8, 4) is 0 Å². The highest BCUT2D eigenvalue weighted by Crippen LogP contribution is 2.50. The number of hydrogen-bond donors (Lipinski definition) is 1. The Kier molecular flexibility index (Phi) is 4.06. The first-order valence-electron chi connectivity index (χ1n) is 7.05. The first-order valence-corrected chi connectivity index (χ1v) is 7.05. The summed E-state index contributed by atoms with van der Waals surface area (Å²) in [5.74, 6) is 1.40. The molecule has 0 saturated heterocycles. The summed E-state index contributed by atoms with van der Waals surface area (Å²) in [6, 6.07) is 7.28. The Labute approximate surface area is 110 Å². The predicted molar refractivity (Wildman–Crippen MR) is 74.2 cm³/mol. The molecule has 0 amide bonds. The molecule has 0 aromatic heterocycles. The molecule has 1 aliphatic rings. The van der Waals surface area contributed by atoms with Crippen LogP contribution < -0.4 is 5.32 Å². The van der Waals surface area contributed by atoms with Crippen molar-refractivity contribution >= 4 is 0 Å². The van der Waals surface area contributed by atoms with Crippen molar-refractivity contribution in [2.45, 2.75) is 39.0 Å². The topological polar surface area (TPSA) is 12.0 Å². The normalized spacial score (nSPS) is 27.3. The molecule has 0 unspecified atom stereocenters. The van der Waals surface area contributed by atoms with E-state index in [1.54, 1.807) is 12.1 Å². The smallest absolute Gasteiger partial charge is 0.127 e. The molecule has 1 aromatic rings. The van der Waals surface area contributed by atoms with Crippen LogP contribution in [-0.2, 0) is 5.41 Å². The predicted octanol–water partition coefficient (Wildman–Crippen LogP) is 3.74. The fourth-order valence-electron chi connectivity index (χ4n) is 3.13. The van der Waals surface area contributed by atoms with E-state index in [1.807, 2.05) is 12.1 Å². The van der Waals surface area contributed by atoms with Crippen molar-refractivity contribution in [1.29, 1.82) is 0 Å². The maximum Gasteiger partial charge on any atom is 0.127 e. The number of benzene rings is 1. The Hall–Kier alpha value is -0.890. The van der Waals surface area contributed by atoms with Crippen molar-refractivity contribution in [2.24, 2.45) is 11.8 Å². The zero-order valence-corrected chi connectivity index (χ0v) is 11.7. The van der Waals surface area contributed by atoms with Crippen LogP contribution in [0.5, 0.6) is 0 Å².